The molecule has 10 heavy (non-hydrogen) atoms. The van der Waals surface area contributed by atoms with E-state index in [4.69, 9.17) is 0 Å². The summed E-state index contributed by atoms with van der Waals surface area (Å²) >= 11 is 0. The Bertz CT molecular complexity index is 174. The molecular weight excluding hydrogens is 120 g/mol. The van der Waals surface area contributed by atoms with Gasteiger partial charge in [0.25, 0.3) is 0 Å². The van der Waals surface area contributed by atoms with Crippen molar-refractivity contribution in [2.75, 3.05) is 0 Å². The molecule has 0 heterocycles. The van der Waals surface area contributed by atoms with Crippen molar-refractivity contribution in [2.45, 2.75) is 20.8 Å². The lowest BCUT2D eigenvalue weighted by atomic mass is 9.63. The minimum absolute atomic E-state index is 0.674. The van der Waals surface area contributed by atoms with Crippen molar-refractivity contribution in [1.82, 2.24) is 0 Å². The Morgan fingerprint density at radius 2 is 1.70 bits per heavy atom. The molecule has 0 heteroatoms. The third-order valence-electron chi connectivity index (χ3n) is 2.62. The quantitative estimate of drug-likeness (QED) is 0.520. The van der Waals surface area contributed by atoms with E-state index >= 15 is 0 Å². The molecule has 0 saturated heterocycles. The van der Waals surface area contributed by atoms with Gasteiger partial charge in [0, 0.05) is 0 Å². The molecule has 2 unspecified atom stereocenters. The molecule has 1 rings (SSSR count). The summed E-state index contributed by atoms with van der Waals surface area (Å²) in [7, 11) is 0. The Labute approximate surface area is 63.6 Å². The first kappa shape index (κ1) is 7.59. The van der Waals surface area contributed by atoms with Gasteiger partial charge in [-0.15, -0.1) is 0 Å². The molecular formula is C10H16. The van der Waals surface area contributed by atoms with Crippen LogP contribution >= 0.6 is 0 Å². The highest BCUT2D eigenvalue weighted by atomic mass is 14.4. The summed E-state index contributed by atoms with van der Waals surface area (Å²) in [6.07, 6.45) is 0. The van der Waals surface area contributed by atoms with E-state index < -0.39 is 0 Å². The van der Waals surface area contributed by atoms with E-state index in [1.54, 1.807) is 0 Å². The lowest BCUT2D eigenvalue weighted by Crippen LogP contribution is -2.32. The predicted octanol–water partition coefficient (Wildman–Crippen LogP) is 3.02. The summed E-state index contributed by atoms with van der Waals surface area (Å²) in [5.41, 5.74) is 2.54. The molecule has 0 aromatic rings. The lowest BCUT2D eigenvalue weighted by Gasteiger charge is -2.42. The highest BCUT2D eigenvalue weighted by Crippen LogP contribution is 2.46. The van der Waals surface area contributed by atoms with Crippen LogP contribution in [0, 0.1) is 17.8 Å². The summed E-state index contributed by atoms with van der Waals surface area (Å²) in [5, 5.41) is 0. The van der Waals surface area contributed by atoms with Gasteiger partial charge in [-0.25, -0.2) is 0 Å². The Kier molecular flexibility index (Phi) is 1.72. The van der Waals surface area contributed by atoms with Gasteiger partial charge in [-0.3, -0.25) is 0 Å². The molecule has 0 aromatic carbocycles. The molecule has 0 radical (unpaired) electrons. The van der Waals surface area contributed by atoms with E-state index in [1.165, 1.54) is 11.1 Å². The molecule has 1 aliphatic rings. The van der Waals surface area contributed by atoms with Gasteiger partial charge in [0.1, 0.15) is 0 Å². The van der Waals surface area contributed by atoms with Crippen LogP contribution in [-0.4, -0.2) is 0 Å². The first-order chi connectivity index (χ1) is 4.55. The van der Waals surface area contributed by atoms with E-state index in [-0.39, 0.29) is 0 Å². The molecule has 1 fully saturated rings. The van der Waals surface area contributed by atoms with E-state index in [9.17, 15) is 0 Å². The van der Waals surface area contributed by atoms with Gasteiger partial charge in [0.2, 0.25) is 0 Å². The third kappa shape index (κ3) is 0.828. The van der Waals surface area contributed by atoms with Crippen molar-refractivity contribution in [3.05, 3.63) is 24.3 Å². The van der Waals surface area contributed by atoms with Crippen LogP contribution < -0.4 is 0 Å². The zero-order valence-corrected chi connectivity index (χ0v) is 7.15. The Hall–Kier alpha value is -0.520. The molecule has 0 spiro atoms. The lowest BCUT2D eigenvalue weighted by molar-refractivity contribution is 0.300. The van der Waals surface area contributed by atoms with Crippen LogP contribution in [0.3, 0.4) is 0 Å². The summed E-state index contributed by atoms with van der Waals surface area (Å²) < 4.78 is 0. The van der Waals surface area contributed by atoms with Crippen molar-refractivity contribution in [3.63, 3.8) is 0 Å². The normalized spacial score (nSPS) is 32.8. The maximum absolute atomic E-state index is 4.00. The Morgan fingerprint density at radius 1 is 1.20 bits per heavy atom. The fourth-order valence-corrected chi connectivity index (χ4v) is 1.91. The van der Waals surface area contributed by atoms with Gasteiger partial charge >= 0.3 is 0 Å². The summed E-state index contributed by atoms with van der Waals surface area (Å²) in [5.74, 6) is 2.10. The Morgan fingerprint density at radius 3 is 1.90 bits per heavy atom. The van der Waals surface area contributed by atoms with Gasteiger partial charge in [-0.2, -0.15) is 0 Å². The zero-order chi connectivity index (χ0) is 7.89. The largest absolute Gasteiger partial charge is 0.0953 e. The van der Waals surface area contributed by atoms with Crippen molar-refractivity contribution >= 4 is 0 Å². The number of allylic oxidation sites excluding steroid dienone is 2. The number of rotatable bonds is 1. The second-order valence-corrected chi connectivity index (χ2v) is 3.61. The van der Waals surface area contributed by atoms with Crippen LogP contribution in [-0.2, 0) is 0 Å². The minimum Gasteiger partial charge on any atom is -0.0953 e. The molecule has 0 bridgehead atoms. The Balaban J connectivity index is 2.67. The van der Waals surface area contributed by atoms with Crippen LogP contribution in [0.5, 0.6) is 0 Å². The highest BCUT2D eigenvalue weighted by molar-refractivity contribution is 5.41. The second kappa shape index (κ2) is 2.26. The molecule has 0 aliphatic heterocycles. The summed E-state index contributed by atoms with van der Waals surface area (Å²) in [6, 6.07) is 0. The maximum atomic E-state index is 4.00. The van der Waals surface area contributed by atoms with Crippen LogP contribution in [0.25, 0.3) is 0 Å². The van der Waals surface area contributed by atoms with Crippen molar-refractivity contribution in [3.8, 4) is 0 Å². The molecule has 1 aliphatic carbocycles. The second-order valence-electron chi connectivity index (χ2n) is 3.61. The van der Waals surface area contributed by atoms with Crippen molar-refractivity contribution in [1.29, 1.82) is 0 Å². The van der Waals surface area contributed by atoms with Gasteiger partial charge < -0.3 is 0 Å². The number of hydrogen-bond donors (Lipinski definition) is 0. The molecule has 0 nitrogen and oxygen atoms in total. The third-order valence-corrected chi connectivity index (χ3v) is 2.62. The van der Waals surface area contributed by atoms with Crippen LogP contribution in [0.4, 0.5) is 0 Å². The molecule has 0 amide bonds. The van der Waals surface area contributed by atoms with Gasteiger partial charge in [0.05, 0.1) is 0 Å². The molecule has 0 aromatic heterocycles. The average molecular weight is 136 g/mol. The monoisotopic (exact) mass is 136 g/mol. The molecule has 56 valence electrons. The topological polar surface area (TPSA) is 0 Å². The molecule has 0 N–H and O–H groups in total. The SMILES string of the molecule is C=C1C(=C)C(C(C)C)C1C. The van der Waals surface area contributed by atoms with E-state index in [0.29, 0.717) is 11.8 Å². The van der Waals surface area contributed by atoms with Gasteiger partial charge in [0.15, 0.2) is 0 Å². The van der Waals surface area contributed by atoms with E-state index in [1.807, 2.05) is 0 Å². The zero-order valence-electron chi connectivity index (χ0n) is 7.15. The minimum atomic E-state index is 0.674. The number of hydrogen-bond acceptors (Lipinski definition) is 0. The van der Waals surface area contributed by atoms with Crippen molar-refractivity contribution in [2.24, 2.45) is 17.8 Å². The first-order valence-electron chi connectivity index (χ1n) is 3.93. The van der Waals surface area contributed by atoms with Crippen LogP contribution in [0.1, 0.15) is 20.8 Å². The van der Waals surface area contributed by atoms with E-state index in [2.05, 4.69) is 33.9 Å². The average Bonchev–Trinajstić information content (AvgIpc) is 1.87. The standard InChI is InChI=1S/C10H16/c1-6(2)10-8(4)7(3)9(10)5/h6,9-10H,3-4H2,1-2,5H3. The molecule has 1 saturated carbocycles. The maximum Gasteiger partial charge on any atom is -0.00760 e. The highest BCUT2D eigenvalue weighted by Gasteiger charge is 2.36. The van der Waals surface area contributed by atoms with Crippen LogP contribution in [0.2, 0.25) is 0 Å². The molecule has 2 atom stereocenters. The van der Waals surface area contributed by atoms with Crippen molar-refractivity contribution < 1.29 is 0 Å². The van der Waals surface area contributed by atoms with Gasteiger partial charge in [-0.1, -0.05) is 33.9 Å². The predicted molar refractivity (Wildman–Crippen MR) is 45.8 cm³/mol. The summed E-state index contributed by atoms with van der Waals surface area (Å²) in [4.78, 5) is 0. The first-order valence-corrected chi connectivity index (χ1v) is 3.93. The fourth-order valence-electron chi connectivity index (χ4n) is 1.91. The van der Waals surface area contributed by atoms with Crippen LogP contribution in [0.15, 0.2) is 24.3 Å². The van der Waals surface area contributed by atoms with E-state index in [0.717, 1.165) is 5.92 Å². The van der Waals surface area contributed by atoms with Gasteiger partial charge in [-0.05, 0) is 28.9 Å². The smallest absolute Gasteiger partial charge is 0.00760 e. The fraction of sp³-hybridized carbons (Fsp3) is 0.600. The summed E-state index contributed by atoms with van der Waals surface area (Å²) in [6.45, 7) is 14.7.